The van der Waals surface area contributed by atoms with E-state index < -0.39 is 27.8 Å². The molecule has 11 nitrogen and oxygen atoms in total. The van der Waals surface area contributed by atoms with Crippen LogP contribution in [0.15, 0.2) is 132 Å². The number of allylic oxidation sites excluding steroid dienone is 1. The van der Waals surface area contributed by atoms with Gasteiger partial charge < -0.3 is 29.3 Å². The average Bonchev–Trinajstić information content (AvgIpc) is 3.29. The summed E-state index contributed by atoms with van der Waals surface area (Å²) in [5, 5.41) is 27.5. The number of hydrogen-bond donors (Lipinski definition) is 2. The summed E-state index contributed by atoms with van der Waals surface area (Å²) in [5.74, 6) is -0.367. The van der Waals surface area contributed by atoms with E-state index >= 15 is 8.42 Å². The Bertz CT molecular complexity index is 2560. The molecular formula is C50H57N3O8S. The van der Waals surface area contributed by atoms with Crippen molar-refractivity contribution < 1.29 is 37.7 Å². The van der Waals surface area contributed by atoms with Crippen molar-refractivity contribution >= 4 is 37.4 Å². The fourth-order valence-corrected chi connectivity index (χ4v) is 12.1. The van der Waals surface area contributed by atoms with E-state index in [-0.39, 0.29) is 55.4 Å². The lowest BCUT2D eigenvalue weighted by Crippen LogP contribution is -2.70. The van der Waals surface area contributed by atoms with Crippen molar-refractivity contribution in [3.05, 3.63) is 127 Å². The number of sulfonamides is 1. The van der Waals surface area contributed by atoms with Crippen LogP contribution in [-0.4, -0.2) is 78.9 Å². The molecule has 5 aromatic rings. The molecule has 4 aromatic carbocycles. The maximum atomic E-state index is 15.4. The van der Waals surface area contributed by atoms with Gasteiger partial charge in [0.2, 0.25) is 15.8 Å². The van der Waals surface area contributed by atoms with E-state index in [9.17, 15) is 10.2 Å². The van der Waals surface area contributed by atoms with Crippen molar-refractivity contribution in [2.24, 2.45) is 22.9 Å². The summed E-state index contributed by atoms with van der Waals surface area (Å²) in [7, 11) is -2.74. The van der Waals surface area contributed by atoms with Gasteiger partial charge in [-0.25, -0.2) is 8.42 Å². The number of benzene rings is 4. The number of nitrogens with zero attached hydrogens (tertiary/aromatic N) is 3. The Balaban J connectivity index is 1.34. The van der Waals surface area contributed by atoms with Crippen molar-refractivity contribution in [1.82, 2.24) is 9.29 Å². The van der Waals surface area contributed by atoms with Crippen LogP contribution in [0.1, 0.15) is 69.8 Å². The lowest BCUT2D eigenvalue weighted by molar-refractivity contribution is -0.251. The van der Waals surface area contributed by atoms with Gasteiger partial charge in [0.1, 0.15) is 29.3 Å². The van der Waals surface area contributed by atoms with Crippen LogP contribution < -0.4 is 9.47 Å². The molecule has 62 heavy (non-hydrogen) atoms. The van der Waals surface area contributed by atoms with Crippen LogP contribution in [0.5, 0.6) is 17.2 Å². The third-order valence-electron chi connectivity index (χ3n) is 12.8. The summed E-state index contributed by atoms with van der Waals surface area (Å²) in [6, 6.07) is 28.1. The molecule has 2 N–H and O–H groups in total. The molecule has 12 heteroatoms. The molecule has 326 valence electrons. The van der Waals surface area contributed by atoms with Crippen LogP contribution >= 0.6 is 0 Å². The molecule has 1 saturated carbocycles. The highest BCUT2D eigenvalue weighted by molar-refractivity contribution is 7.89. The number of oxime groups is 1. The summed E-state index contributed by atoms with van der Waals surface area (Å²) in [6.07, 6.45) is 10.7. The summed E-state index contributed by atoms with van der Waals surface area (Å²) in [5.41, 5.74) is 2.85. The Morgan fingerprint density at radius 2 is 1.66 bits per heavy atom. The van der Waals surface area contributed by atoms with Crippen LogP contribution in [0, 0.1) is 17.8 Å². The summed E-state index contributed by atoms with van der Waals surface area (Å²) in [4.78, 5) is 10.3. The van der Waals surface area contributed by atoms with Crippen molar-refractivity contribution in [3.8, 4) is 17.2 Å². The number of ether oxygens (including phenoxy) is 3. The molecule has 8 rings (SSSR count). The first-order valence-corrected chi connectivity index (χ1v) is 23.4. The van der Waals surface area contributed by atoms with E-state index in [0.717, 1.165) is 47.6 Å². The van der Waals surface area contributed by atoms with Gasteiger partial charge in [-0.15, -0.1) is 6.58 Å². The minimum atomic E-state index is -4.26. The topological polar surface area (TPSA) is 140 Å². The summed E-state index contributed by atoms with van der Waals surface area (Å²) in [6.45, 7) is 6.43. The molecule has 6 unspecified atom stereocenters. The highest BCUT2D eigenvalue weighted by atomic mass is 32.2. The monoisotopic (exact) mass is 859 g/mol. The SMILES string of the molecule is C=CCOC12Oc3ccc(Oc4ccc5ccccc5c4)cc3C3C(CCCCO)C(CCCCO)C=C(C(=NOC)CC1N(CCC)S(=O)(=O)c1cccc4cccnc14)C32. The highest BCUT2D eigenvalue weighted by Crippen LogP contribution is 2.62. The van der Waals surface area contributed by atoms with Gasteiger partial charge in [0.15, 0.2) is 0 Å². The smallest absolute Gasteiger partial charge is 0.245 e. The van der Waals surface area contributed by atoms with Crippen molar-refractivity contribution in [3.63, 3.8) is 0 Å². The standard InChI is InChI=1S/C50H57N3O8S/c1-4-26-53(62(56,57)45-20-12-17-35-18-13-25-51-49(35)45)46-33-43(52-58-3)41-31-37(16-8-10-27-54)40(19-9-11-28-55)47-42-32-39(60-38-22-21-34-14-6-7-15-36(34)30-38)23-24-44(42)61-50(46,48(41)47)59-29-5-2/h5-7,12-15,17-18,20-25,30-32,37,40,46-48,54-55H,2,4,8-11,16,19,26-29,33H2,1,3H3. The van der Waals surface area contributed by atoms with E-state index in [4.69, 9.17) is 19.0 Å². The first kappa shape index (κ1) is 43.5. The molecule has 0 radical (unpaired) electrons. The van der Waals surface area contributed by atoms with Crippen LogP contribution in [0.2, 0.25) is 0 Å². The van der Waals surface area contributed by atoms with Gasteiger partial charge in [0.05, 0.1) is 29.8 Å². The number of fused-ring (bicyclic) bond motifs is 4. The van der Waals surface area contributed by atoms with Crippen molar-refractivity contribution in [1.29, 1.82) is 0 Å². The second-order valence-electron chi connectivity index (χ2n) is 16.5. The Morgan fingerprint density at radius 1 is 0.919 bits per heavy atom. The van der Waals surface area contributed by atoms with Crippen molar-refractivity contribution in [2.45, 2.75) is 80.9 Å². The van der Waals surface area contributed by atoms with Crippen LogP contribution in [-0.2, 0) is 19.6 Å². The van der Waals surface area contributed by atoms with Gasteiger partial charge in [-0.3, -0.25) is 4.98 Å². The minimum Gasteiger partial charge on any atom is -0.460 e. The Morgan fingerprint density at radius 3 is 2.44 bits per heavy atom. The number of rotatable bonds is 19. The highest BCUT2D eigenvalue weighted by Gasteiger charge is 2.66. The summed E-state index contributed by atoms with van der Waals surface area (Å²) < 4.78 is 53.5. The molecule has 2 aliphatic carbocycles. The Kier molecular flexibility index (Phi) is 13.4. The van der Waals surface area contributed by atoms with Crippen LogP contribution in [0.25, 0.3) is 21.7 Å². The predicted octanol–water partition coefficient (Wildman–Crippen LogP) is 9.54. The van der Waals surface area contributed by atoms with Crippen molar-refractivity contribution in [2.75, 3.05) is 33.5 Å². The van der Waals surface area contributed by atoms with Crippen LogP contribution in [0.3, 0.4) is 0 Å². The van der Waals surface area contributed by atoms with E-state index in [1.165, 1.54) is 7.11 Å². The van der Waals surface area contributed by atoms with E-state index in [2.05, 4.69) is 41.0 Å². The van der Waals surface area contributed by atoms with Crippen LogP contribution in [0.4, 0.5) is 0 Å². The summed E-state index contributed by atoms with van der Waals surface area (Å²) >= 11 is 0. The normalized spacial score (nSPS) is 23.7. The Labute approximate surface area is 364 Å². The fraction of sp³-hybridized carbons (Fsp3) is 0.400. The third-order valence-corrected chi connectivity index (χ3v) is 14.7. The molecule has 0 spiro atoms. The molecule has 6 atom stereocenters. The maximum absolute atomic E-state index is 15.4. The molecule has 3 aliphatic rings. The number of hydrogen-bond acceptors (Lipinski definition) is 10. The molecule has 1 aromatic heterocycles. The number of aliphatic hydroxyl groups is 2. The predicted molar refractivity (Wildman–Crippen MR) is 242 cm³/mol. The number of unbranched alkanes of at least 4 members (excludes halogenated alkanes) is 2. The largest absolute Gasteiger partial charge is 0.460 e. The van der Waals surface area contributed by atoms with Gasteiger partial charge in [0.25, 0.3) is 0 Å². The second-order valence-corrected chi connectivity index (χ2v) is 18.4. The third kappa shape index (κ3) is 8.26. The molecule has 1 fully saturated rings. The zero-order valence-electron chi connectivity index (χ0n) is 35.6. The van der Waals surface area contributed by atoms with Gasteiger partial charge >= 0.3 is 0 Å². The fourth-order valence-electron chi connectivity index (χ4n) is 10.2. The number of aliphatic hydroxyl groups excluding tert-OH is 2. The molecule has 0 saturated heterocycles. The minimum absolute atomic E-state index is 0.0142. The average molecular weight is 860 g/mol. The van der Waals surface area contributed by atoms with Gasteiger partial charge in [0, 0.05) is 49.2 Å². The van der Waals surface area contributed by atoms with Gasteiger partial charge in [-0.2, -0.15) is 4.31 Å². The van der Waals surface area contributed by atoms with E-state index in [1.807, 2.05) is 61.5 Å². The quantitative estimate of drug-likeness (QED) is 0.0472. The molecule has 2 heterocycles. The molecule has 1 aliphatic heterocycles. The zero-order valence-corrected chi connectivity index (χ0v) is 36.4. The lowest BCUT2D eigenvalue weighted by atomic mass is 9.55. The van der Waals surface area contributed by atoms with E-state index in [1.54, 1.807) is 34.8 Å². The van der Waals surface area contributed by atoms with Gasteiger partial charge in [-0.05, 0) is 103 Å². The molecule has 0 bridgehead atoms. The first-order valence-electron chi connectivity index (χ1n) is 21.9. The van der Waals surface area contributed by atoms with E-state index in [0.29, 0.717) is 53.1 Å². The second kappa shape index (κ2) is 19.1. The molecule has 0 amide bonds. The number of pyridine rings is 1. The number of aromatic nitrogens is 1. The maximum Gasteiger partial charge on any atom is 0.245 e. The molecular weight excluding hydrogens is 803 g/mol. The lowest BCUT2D eigenvalue weighted by Gasteiger charge is -2.59. The Hall–Kier alpha value is -5.11. The number of para-hydroxylation sites is 1. The zero-order chi connectivity index (χ0) is 43.3. The van der Waals surface area contributed by atoms with Gasteiger partial charge in [-0.1, -0.05) is 85.6 Å². The first-order chi connectivity index (χ1) is 30.3.